The Bertz CT molecular complexity index is 875. The van der Waals surface area contributed by atoms with Gasteiger partial charge >= 0.3 is 5.69 Å². The van der Waals surface area contributed by atoms with Gasteiger partial charge < -0.3 is 5.32 Å². The third-order valence-corrected chi connectivity index (χ3v) is 4.54. The molecule has 0 bridgehead atoms. The fraction of sp³-hybridized carbons (Fsp3) is 0.500. The van der Waals surface area contributed by atoms with Crippen LogP contribution in [-0.4, -0.2) is 20.0 Å². The van der Waals surface area contributed by atoms with Crippen LogP contribution >= 0.6 is 0 Å². The van der Waals surface area contributed by atoms with E-state index in [9.17, 15) is 14.4 Å². The molecular weight excluding hydrogens is 296 g/mol. The Labute approximate surface area is 133 Å². The van der Waals surface area contributed by atoms with Crippen LogP contribution in [0.3, 0.4) is 0 Å². The number of hydrogen-bond donors (Lipinski definition) is 1. The molecule has 0 aliphatic heterocycles. The van der Waals surface area contributed by atoms with Crippen LogP contribution in [-0.2, 0) is 18.9 Å². The lowest BCUT2D eigenvalue weighted by atomic mass is 9.88. The number of aromatic nitrogens is 3. The van der Waals surface area contributed by atoms with Crippen molar-refractivity contribution in [2.45, 2.75) is 32.1 Å². The molecule has 0 unspecified atom stereocenters. The van der Waals surface area contributed by atoms with E-state index in [2.05, 4.69) is 10.3 Å². The number of rotatable bonds is 2. The average Bonchev–Trinajstić information content (AvgIpc) is 2.58. The summed E-state index contributed by atoms with van der Waals surface area (Å²) in [4.78, 5) is 40.6. The molecule has 1 amide bonds. The fourth-order valence-electron chi connectivity index (χ4n) is 3.14. The van der Waals surface area contributed by atoms with Gasteiger partial charge in [0.1, 0.15) is 5.65 Å². The second-order valence-electron chi connectivity index (χ2n) is 6.13. The van der Waals surface area contributed by atoms with E-state index < -0.39 is 11.2 Å². The summed E-state index contributed by atoms with van der Waals surface area (Å²) in [5.74, 6) is 0.00917. The molecule has 0 saturated heterocycles. The minimum atomic E-state index is -0.422. The van der Waals surface area contributed by atoms with Crippen molar-refractivity contribution in [3.05, 3.63) is 33.1 Å². The summed E-state index contributed by atoms with van der Waals surface area (Å²) >= 11 is 0. The van der Waals surface area contributed by atoms with Gasteiger partial charge in [-0.05, 0) is 18.9 Å². The van der Waals surface area contributed by atoms with E-state index in [1.54, 1.807) is 13.1 Å². The molecule has 1 fully saturated rings. The molecule has 23 heavy (non-hydrogen) atoms. The standard InChI is InChI=1S/C16H20N4O3/c1-19-13-12(15(22)20(2)16(19)23)8-11(9-17-13)18-14(21)10-6-4-3-5-7-10/h8-10H,3-7H2,1-2H3,(H,18,21). The molecule has 1 N–H and O–H groups in total. The largest absolute Gasteiger partial charge is 0.332 e. The molecule has 1 aliphatic rings. The van der Waals surface area contributed by atoms with E-state index in [0.29, 0.717) is 16.7 Å². The highest BCUT2D eigenvalue weighted by Gasteiger charge is 2.21. The van der Waals surface area contributed by atoms with Crippen LogP contribution in [0.15, 0.2) is 21.9 Å². The smallest absolute Gasteiger partial charge is 0.324 e. The predicted molar refractivity (Wildman–Crippen MR) is 87.4 cm³/mol. The molecule has 1 aliphatic carbocycles. The van der Waals surface area contributed by atoms with Gasteiger partial charge in [0.15, 0.2) is 0 Å². The first kappa shape index (κ1) is 15.5. The van der Waals surface area contributed by atoms with Crippen molar-refractivity contribution in [1.29, 1.82) is 0 Å². The normalized spacial score (nSPS) is 15.7. The van der Waals surface area contributed by atoms with Crippen LogP contribution in [0.4, 0.5) is 5.69 Å². The summed E-state index contributed by atoms with van der Waals surface area (Å²) in [7, 11) is 2.99. The zero-order chi connectivity index (χ0) is 16.6. The maximum Gasteiger partial charge on any atom is 0.332 e. The lowest BCUT2D eigenvalue weighted by Crippen LogP contribution is -2.37. The third-order valence-electron chi connectivity index (χ3n) is 4.54. The first-order valence-corrected chi connectivity index (χ1v) is 7.85. The van der Waals surface area contributed by atoms with E-state index in [0.717, 1.165) is 30.3 Å². The van der Waals surface area contributed by atoms with Gasteiger partial charge in [-0.2, -0.15) is 0 Å². The van der Waals surface area contributed by atoms with Gasteiger partial charge in [-0.15, -0.1) is 0 Å². The first-order valence-electron chi connectivity index (χ1n) is 7.85. The highest BCUT2D eigenvalue weighted by atomic mass is 16.2. The van der Waals surface area contributed by atoms with Crippen molar-refractivity contribution in [2.75, 3.05) is 5.32 Å². The molecule has 3 rings (SSSR count). The average molecular weight is 316 g/mol. The molecular formula is C16H20N4O3. The summed E-state index contributed by atoms with van der Waals surface area (Å²) in [5, 5.41) is 3.16. The van der Waals surface area contributed by atoms with Crippen LogP contribution in [0, 0.1) is 5.92 Å². The summed E-state index contributed by atoms with van der Waals surface area (Å²) in [6.45, 7) is 0. The number of nitrogens with zero attached hydrogens (tertiary/aromatic N) is 3. The minimum absolute atomic E-state index is 0.0208. The number of aryl methyl sites for hydroxylation is 1. The van der Waals surface area contributed by atoms with Gasteiger partial charge in [-0.1, -0.05) is 19.3 Å². The SMILES string of the molecule is Cn1c(=O)c2cc(NC(=O)C3CCCCC3)cnc2n(C)c1=O. The van der Waals surface area contributed by atoms with Crippen molar-refractivity contribution in [2.24, 2.45) is 20.0 Å². The minimum Gasteiger partial charge on any atom is -0.324 e. The van der Waals surface area contributed by atoms with E-state index in [1.165, 1.54) is 24.2 Å². The molecule has 2 heterocycles. The van der Waals surface area contributed by atoms with Crippen molar-refractivity contribution in [1.82, 2.24) is 14.1 Å². The molecule has 122 valence electrons. The zero-order valence-electron chi connectivity index (χ0n) is 13.3. The van der Waals surface area contributed by atoms with Crippen LogP contribution in [0.5, 0.6) is 0 Å². The Morgan fingerprint density at radius 3 is 2.57 bits per heavy atom. The highest BCUT2D eigenvalue weighted by Crippen LogP contribution is 2.25. The van der Waals surface area contributed by atoms with Gasteiger partial charge in [0.25, 0.3) is 5.56 Å². The quantitative estimate of drug-likeness (QED) is 0.900. The fourth-order valence-corrected chi connectivity index (χ4v) is 3.14. The number of nitrogens with one attached hydrogen (secondary N) is 1. The highest BCUT2D eigenvalue weighted by molar-refractivity contribution is 5.94. The Hall–Kier alpha value is -2.44. The number of carbonyl (C=O) groups is 1. The molecule has 0 atom stereocenters. The van der Waals surface area contributed by atoms with E-state index in [1.807, 2.05) is 0 Å². The molecule has 0 radical (unpaired) electrons. The maximum absolute atomic E-state index is 12.3. The lowest BCUT2D eigenvalue weighted by molar-refractivity contribution is -0.120. The van der Waals surface area contributed by atoms with Crippen molar-refractivity contribution in [3.63, 3.8) is 0 Å². The van der Waals surface area contributed by atoms with Crippen LogP contribution in [0.25, 0.3) is 11.0 Å². The van der Waals surface area contributed by atoms with E-state index in [4.69, 9.17) is 0 Å². The van der Waals surface area contributed by atoms with E-state index in [-0.39, 0.29) is 11.8 Å². The summed E-state index contributed by atoms with van der Waals surface area (Å²) in [6.07, 6.45) is 6.65. The lowest BCUT2D eigenvalue weighted by Gasteiger charge is -2.20. The Morgan fingerprint density at radius 1 is 1.17 bits per heavy atom. The molecule has 7 nitrogen and oxygen atoms in total. The molecule has 2 aromatic rings. The van der Waals surface area contributed by atoms with Crippen LogP contribution in [0.1, 0.15) is 32.1 Å². The Kier molecular flexibility index (Phi) is 4.02. The zero-order valence-corrected chi connectivity index (χ0v) is 13.3. The van der Waals surface area contributed by atoms with Crippen LogP contribution < -0.4 is 16.6 Å². The Morgan fingerprint density at radius 2 is 1.87 bits per heavy atom. The summed E-state index contributed by atoms with van der Waals surface area (Å²) in [5.41, 5.74) is -0.0315. The van der Waals surface area contributed by atoms with E-state index >= 15 is 0 Å². The van der Waals surface area contributed by atoms with Gasteiger partial charge in [-0.3, -0.25) is 18.7 Å². The predicted octanol–water partition coefficient (Wildman–Crippen LogP) is 1.15. The number of carbonyl (C=O) groups excluding carboxylic acids is 1. The van der Waals surface area contributed by atoms with Gasteiger partial charge in [0.2, 0.25) is 5.91 Å². The van der Waals surface area contributed by atoms with Gasteiger partial charge in [0, 0.05) is 20.0 Å². The molecule has 0 aromatic carbocycles. The second kappa shape index (κ2) is 5.98. The van der Waals surface area contributed by atoms with Gasteiger partial charge in [0.05, 0.1) is 17.3 Å². The number of fused-ring (bicyclic) bond motifs is 1. The molecule has 2 aromatic heterocycles. The first-order chi connectivity index (χ1) is 11.0. The van der Waals surface area contributed by atoms with Crippen molar-refractivity contribution in [3.8, 4) is 0 Å². The Balaban J connectivity index is 1.95. The third kappa shape index (κ3) is 2.78. The molecule has 1 saturated carbocycles. The number of hydrogen-bond acceptors (Lipinski definition) is 4. The topological polar surface area (TPSA) is 86.0 Å². The number of anilines is 1. The van der Waals surface area contributed by atoms with Gasteiger partial charge in [-0.25, -0.2) is 9.78 Å². The number of amides is 1. The number of pyridine rings is 1. The monoisotopic (exact) mass is 316 g/mol. The summed E-state index contributed by atoms with van der Waals surface area (Å²) < 4.78 is 2.36. The summed E-state index contributed by atoms with van der Waals surface area (Å²) in [6, 6.07) is 1.59. The molecule has 7 heteroatoms. The molecule has 0 spiro atoms. The van der Waals surface area contributed by atoms with Crippen LogP contribution in [0.2, 0.25) is 0 Å². The maximum atomic E-state index is 12.3. The second-order valence-corrected chi connectivity index (χ2v) is 6.13. The van der Waals surface area contributed by atoms with Crippen molar-refractivity contribution < 1.29 is 4.79 Å². The van der Waals surface area contributed by atoms with Crippen molar-refractivity contribution >= 4 is 22.6 Å².